The van der Waals surface area contributed by atoms with Crippen LogP contribution in [0.2, 0.25) is 10.0 Å². The van der Waals surface area contributed by atoms with Gasteiger partial charge >= 0.3 is 0 Å². The quantitative estimate of drug-likeness (QED) is 0.507. The Labute approximate surface area is 114 Å². The van der Waals surface area contributed by atoms with Crippen molar-refractivity contribution in [2.75, 3.05) is 0 Å². The molecule has 0 fully saturated rings. The smallest absolute Gasteiger partial charge is 0.134 e. The molecule has 0 aliphatic heterocycles. The topological polar surface area (TPSA) is 0 Å². The second kappa shape index (κ2) is 4.94. The average molecular weight is 308 g/mol. The molecule has 0 amide bonds. The molecule has 0 spiro atoms. The Morgan fingerprint density at radius 3 is 1.93 bits per heavy atom. The highest BCUT2D eigenvalue weighted by Crippen LogP contribution is 2.43. The van der Waals surface area contributed by atoms with E-state index in [2.05, 4.69) is 25.3 Å². The molecule has 0 bridgehead atoms. The average Bonchev–Trinajstić information content (AvgIpc) is 2.11. The zero-order valence-electron chi connectivity index (χ0n) is 6.98. The van der Waals surface area contributed by atoms with Crippen molar-refractivity contribution in [3.63, 3.8) is 0 Å². The van der Waals surface area contributed by atoms with E-state index in [4.69, 9.17) is 46.4 Å². The Bertz CT molecular complexity index is 347. The van der Waals surface area contributed by atoms with Crippen LogP contribution in [0.3, 0.4) is 0 Å². The Hall–Kier alpha value is 1.08. The van der Waals surface area contributed by atoms with Gasteiger partial charge in [0.1, 0.15) is 4.84 Å². The van der Waals surface area contributed by atoms with E-state index in [0.717, 1.165) is 5.56 Å². The summed E-state index contributed by atoms with van der Waals surface area (Å²) in [5, 5.41) is 0.783. The van der Waals surface area contributed by atoms with Crippen molar-refractivity contribution in [1.29, 1.82) is 0 Å². The largest absolute Gasteiger partial charge is 0.142 e. The summed E-state index contributed by atoms with van der Waals surface area (Å²) in [6.07, 6.45) is 0. The molecular weight excluding hydrogens is 302 g/mol. The maximum Gasteiger partial charge on any atom is 0.134 e. The van der Waals surface area contributed by atoms with Crippen LogP contribution in [-0.2, 0) is 0 Å². The van der Waals surface area contributed by atoms with Gasteiger partial charge in [0.2, 0.25) is 0 Å². The lowest BCUT2D eigenvalue weighted by molar-refractivity contribution is 1.10. The molecule has 1 aromatic carbocycles. The standard InChI is InChI=1S/C8H6Cl4S2/c1-2-3(8(11)12)6(13)7(14)5(10)4(2)9/h8,13-14H,1H3. The monoisotopic (exact) mass is 306 g/mol. The Morgan fingerprint density at radius 2 is 1.50 bits per heavy atom. The highest BCUT2D eigenvalue weighted by Gasteiger charge is 2.19. The van der Waals surface area contributed by atoms with Gasteiger partial charge in [-0.2, -0.15) is 0 Å². The van der Waals surface area contributed by atoms with E-state index < -0.39 is 4.84 Å². The van der Waals surface area contributed by atoms with Gasteiger partial charge in [-0.3, -0.25) is 0 Å². The Morgan fingerprint density at radius 1 is 1.00 bits per heavy atom. The van der Waals surface area contributed by atoms with Crippen LogP contribution >= 0.6 is 71.7 Å². The first-order valence-electron chi connectivity index (χ1n) is 3.55. The summed E-state index contributed by atoms with van der Waals surface area (Å²) >= 11 is 31.9. The van der Waals surface area contributed by atoms with Gasteiger partial charge in [0.05, 0.1) is 10.0 Å². The minimum absolute atomic E-state index is 0.371. The zero-order chi connectivity index (χ0) is 11.0. The maximum atomic E-state index is 5.97. The molecule has 1 aromatic rings. The van der Waals surface area contributed by atoms with E-state index in [1.807, 2.05) is 0 Å². The number of hydrogen-bond acceptors (Lipinski definition) is 2. The van der Waals surface area contributed by atoms with Crippen molar-refractivity contribution in [1.82, 2.24) is 0 Å². The second-order valence-electron chi connectivity index (χ2n) is 2.66. The highest BCUT2D eigenvalue weighted by atomic mass is 35.5. The second-order valence-corrected chi connectivity index (χ2v) is 5.41. The minimum Gasteiger partial charge on any atom is -0.142 e. The molecule has 0 saturated heterocycles. The molecule has 0 atom stereocenters. The van der Waals surface area contributed by atoms with Crippen molar-refractivity contribution in [2.45, 2.75) is 21.6 Å². The minimum atomic E-state index is -0.692. The molecule has 0 aliphatic rings. The number of hydrogen-bond donors (Lipinski definition) is 2. The highest BCUT2D eigenvalue weighted by molar-refractivity contribution is 7.83. The Balaban J connectivity index is 3.60. The first-order chi connectivity index (χ1) is 6.37. The molecule has 0 aromatic heterocycles. The fourth-order valence-corrected chi connectivity index (χ4v) is 2.97. The van der Waals surface area contributed by atoms with Crippen molar-refractivity contribution in [2.24, 2.45) is 0 Å². The molecule has 14 heavy (non-hydrogen) atoms. The molecule has 0 aliphatic carbocycles. The molecule has 0 heterocycles. The van der Waals surface area contributed by atoms with Crippen LogP contribution in [0.25, 0.3) is 0 Å². The van der Waals surface area contributed by atoms with Crippen LogP contribution < -0.4 is 0 Å². The summed E-state index contributed by atoms with van der Waals surface area (Å²) in [6.45, 7) is 1.79. The number of halogens is 4. The molecule has 0 N–H and O–H groups in total. The molecule has 0 saturated carbocycles. The van der Waals surface area contributed by atoms with E-state index >= 15 is 0 Å². The van der Waals surface area contributed by atoms with Crippen molar-refractivity contribution < 1.29 is 0 Å². The Kier molecular flexibility index (Phi) is 4.64. The van der Waals surface area contributed by atoms with E-state index in [1.165, 1.54) is 0 Å². The van der Waals surface area contributed by atoms with Crippen molar-refractivity contribution in [3.8, 4) is 0 Å². The molecule has 0 radical (unpaired) electrons. The van der Waals surface area contributed by atoms with Crippen LogP contribution in [0.15, 0.2) is 9.79 Å². The van der Waals surface area contributed by atoms with Gasteiger partial charge < -0.3 is 0 Å². The third kappa shape index (κ3) is 2.26. The van der Waals surface area contributed by atoms with E-state index in [0.29, 0.717) is 25.4 Å². The summed E-state index contributed by atoms with van der Waals surface area (Å²) in [6, 6.07) is 0. The fraction of sp³-hybridized carbons (Fsp3) is 0.250. The van der Waals surface area contributed by atoms with Gasteiger partial charge in [-0.15, -0.1) is 48.5 Å². The predicted molar refractivity (Wildman–Crippen MR) is 70.2 cm³/mol. The molecule has 0 nitrogen and oxygen atoms in total. The summed E-state index contributed by atoms with van der Waals surface area (Å²) in [4.78, 5) is 0.366. The number of benzene rings is 1. The van der Waals surface area contributed by atoms with Crippen LogP contribution in [0, 0.1) is 6.92 Å². The fourth-order valence-electron chi connectivity index (χ4n) is 1.06. The van der Waals surface area contributed by atoms with Gasteiger partial charge in [0.15, 0.2) is 0 Å². The summed E-state index contributed by atoms with van der Waals surface area (Å²) in [5.41, 5.74) is 1.38. The van der Waals surface area contributed by atoms with E-state index in [9.17, 15) is 0 Å². The normalized spacial score (nSPS) is 11.1. The maximum absolute atomic E-state index is 5.97. The number of thiol groups is 2. The molecular formula is C8H6Cl4S2. The van der Waals surface area contributed by atoms with Crippen LogP contribution in [-0.4, -0.2) is 0 Å². The van der Waals surface area contributed by atoms with Gasteiger partial charge in [0.25, 0.3) is 0 Å². The van der Waals surface area contributed by atoms with E-state index in [-0.39, 0.29) is 0 Å². The van der Waals surface area contributed by atoms with Gasteiger partial charge in [-0.1, -0.05) is 23.2 Å². The third-order valence-electron chi connectivity index (χ3n) is 1.83. The number of alkyl halides is 2. The lowest BCUT2D eigenvalue weighted by atomic mass is 10.1. The summed E-state index contributed by atoms with van der Waals surface area (Å²) < 4.78 is 0. The molecule has 0 unspecified atom stereocenters. The van der Waals surface area contributed by atoms with Crippen molar-refractivity contribution >= 4 is 71.7 Å². The summed E-state index contributed by atoms with van der Waals surface area (Å²) in [5.74, 6) is 0. The lowest BCUT2D eigenvalue weighted by Crippen LogP contribution is -1.94. The molecule has 6 heteroatoms. The van der Waals surface area contributed by atoms with Gasteiger partial charge in [-0.05, 0) is 12.5 Å². The van der Waals surface area contributed by atoms with E-state index in [1.54, 1.807) is 6.92 Å². The predicted octanol–water partition coefficient (Wildman–Crippen LogP) is 5.36. The summed E-state index contributed by atoms with van der Waals surface area (Å²) in [7, 11) is 0. The first kappa shape index (κ1) is 13.1. The molecule has 1 rings (SSSR count). The zero-order valence-corrected chi connectivity index (χ0v) is 11.8. The number of rotatable bonds is 1. The lowest BCUT2D eigenvalue weighted by Gasteiger charge is -2.15. The van der Waals surface area contributed by atoms with Crippen molar-refractivity contribution in [3.05, 3.63) is 21.2 Å². The first-order valence-corrected chi connectivity index (χ1v) is 6.07. The van der Waals surface area contributed by atoms with Crippen LogP contribution in [0.1, 0.15) is 16.0 Å². The molecule has 78 valence electrons. The third-order valence-corrected chi connectivity index (χ3v) is 4.43. The van der Waals surface area contributed by atoms with Crippen LogP contribution in [0.5, 0.6) is 0 Å². The van der Waals surface area contributed by atoms with Gasteiger partial charge in [-0.25, -0.2) is 0 Å². The van der Waals surface area contributed by atoms with Crippen LogP contribution in [0.4, 0.5) is 0 Å². The SMILES string of the molecule is Cc1c(Cl)c(Cl)c(S)c(S)c1C(Cl)Cl. The van der Waals surface area contributed by atoms with Gasteiger partial charge in [0, 0.05) is 15.4 Å².